The summed E-state index contributed by atoms with van der Waals surface area (Å²) >= 11 is 0. The predicted molar refractivity (Wildman–Crippen MR) is 118 cm³/mol. The second kappa shape index (κ2) is 8.21. The van der Waals surface area contributed by atoms with Gasteiger partial charge in [0.2, 0.25) is 0 Å². The second-order valence-electron chi connectivity index (χ2n) is 8.97. The van der Waals surface area contributed by atoms with Gasteiger partial charge in [-0.15, -0.1) is 10.2 Å². The van der Waals surface area contributed by atoms with Crippen LogP contribution in [0.15, 0.2) is 42.9 Å². The van der Waals surface area contributed by atoms with E-state index < -0.39 is 23.2 Å². The van der Waals surface area contributed by atoms with Crippen LogP contribution in [0.4, 0.5) is 8.78 Å². The van der Waals surface area contributed by atoms with Crippen LogP contribution in [0.2, 0.25) is 0 Å². The molecule has 3 aromatic heterocycles. The van der Waals surface area contributed by atoms with Crippen molar-refractivity contribution in [1.82, 2.24) is 34.9 Å². The van der Waals surface area contributed by atoms with Crippen LogP contribution >= 0.6 is 0 Å². The Morgan fingerprint density at radius 1 is 1.14 bits per heavy atom. The first-order valence-electron chi connectivity index (χ1n) is 11.4. The molecule has 2 N–H and O–H groups in total. The van der Waals surface area contributed by atoms with Crippen molar-refractivity contribution < 1.29 is 19.0 Å². The normalized spacial score (nSPS) is 21.3. The maximum absolute atomic E-state index is 14.4. The van der Waals surface area contributed by atoms with Crippen LogP contribution in [-0.2, 0) is 5.41 Å². The largest absolute Gasteiger partial charge is 0.396 e. The highest BCUT2D eigenvalue weighted by molar-refractivity contribution is 5.63. The van der Waals surface area contributed by atoms with E-state index in [1.807, 2.05) is 6.07 Å². The summed E-state index contributed by atoms with van der Waals surface area (Å²) in [4.78, 5) is 13.2. The van der Waals surface area contributed by atoms with E-state index in [9.17, 15) is 13.9 Å². The molecule has 11 heteroatoms. The molecule has 0 aliphatic heterocycles. The molecule has 2 aliphatic rings. The predicted octanol–water partition coefficient (Wildman–Crippen LogP) is 2.78. The van der Waals surface area contributed by atoms with Gasteiger partial charge >= 0.3 is 0 Å². The Hall–Kier alpha value is -3.70. The van der Waals surface area contributed by atoms with Gasteiger partial charge in [0, 0.05) is 19.2 Å². The number of hydrogen-bond donors (Lipinski definition) is 2. The van der Waals surface area contributed by atoms with E-state index in [2.05, 4.69) is 25.3 Å². The number of aliphatic hydroxyl groups excluding tert-OH is 2. The smallest absolute Gasteiger partial charge is 0.252 e. The molecule has 9 nitrogen and oxygen atoms in total. The van der Waals surface area contributed by atoms with Crippen molar-refractivity contribution in [2.45, 2.75) is 43.1 Å². The average Bonchev–Trinajstić information content (AvgIpc) is 3.60. The van der Waals surface area contributed by atoms with E-state index in [0.29, 0.717) is 5.95 Å². The summed E-state index contributed by atoms with van der Waals surface area (Å²) in [7, 11) is 0. The Morgan fingerprint density at radius 2 is 1.97 bits per heavy atom. The fraction of sp³-hybridized carbons (Fsp3) is 0.333. The Morgan fingerprint density at radius 3 is 2.77 bits per heavy atom. The number of aromatic nitrogens is 7. The van der Waals surface area contributed by atoms with Crippen LogP contribution in [0.25, 0.3) is 17.2 Å². The fourth-order valence-corrected chi connectivity index (χ4v) is 5.34. The second-order valence-corrected chi connectivity index (χ2v) is 8.97. The van der Waals surface area contributed by atoms with Gasteiger partial charge < -0.3 is 10.2 Å². The lowest BCUT2D eigenvalue weighted by Crippen LogP contribution is -2.27. The first kappa shape index (κ1) is 21.8. The zero-order valence-corrected chi connectivity index (χ0v) is 18.5. The van der Waals surface area contributed by atoms with Gasteiger partial charge in [0.15, 0.2) is 5.82 Å². The van der Waals surface area contributed by atoms with Crippen molar-refractivity contribution in [3.63, 3.8) is 0 Å². The Balaban J connectivity index is 1.38. The van der Waals surface area contributed by atoms with Gasteiger partial charge in [0.05, 0.1) is 28.1 Å². The molecule has 1 unspecified atom stereocenters. The molecular weight excluding hydrogens is 456 g/mol. The molecule has 0 saturated heterocycles. The van der Waals surface area contributed by atoms with Crippen molar-refractivity contribution in [3.8, 4) is 17.2 Å². The Bertz CT molecular complexity index is 1410. The molecule has 0 radical (unpaired) electrons. The van der Waals surface area contributed by atoms with Crippen molar-refractivity contribution in [2.24, 2.45) is 0 Å². The minimum Gasteiger partial charge on any atom is -0.396 e. The lowest BCUT2D eigenvalue weighted by molar-refractivity contribution is 0.126. The van der Waals surface area contributed by atoms with Crippen LogP contribution in [0.5, 0.6) is 0 Å². The van der Waals surface area contributed by atoms with Crippen molar-refractivity contribution >= 4 is 0 Å². The van der Waals surface area contributed by atoms with E-state index in [1.54, 1.807) is 12.3 Å². The van der Waals surface area contributed by atoms with Crippen LogP contribution in [0.3, 0.4) is 0 Å². The zero-order chi connectivity index (χ0) is 24.2. The minimum absolute atomic E-state index is 0.129. The van der Waals surface area contributed by atoms with Gasteiger partial charge in [0.1, 0.15) is 24.1 Å². The molecule has 0 spiro atoms. The summed E-state index contributed by atoms with van der Waals surface area (Å²) in [6.07, 6.45) is 4.70. The number of halogens is 2. The average molecular weight is 477 g/mol. The maximum atomic E-state index is 14.4. The van der Waals surface area contributed by atoms with E-state index in [0.717, 1.165) is 36.2 Å². The molecule has 4 aromatic rings. The van der Waals surface area contributed by atoms with E-state index in [4.69, 9.17) is 10.1 Å². The number of rotatable bonds is 6. The lowest BCUT2D eigenvalue weighted by Gasteiger charge is -2.27. The highest BCUT2D eigenvalue weighted by Crippen LogP contribution is 2.59. The topological polar surface area (TPSA) is 123 Å². The van der Waals surface area contributed by atoms with Gasteiger partial charge in [-0.25, -0.2) is 23.7 Å². The summed E-state index contributed by atoms with van der Waals surface area (Å²) < 4.78 is 30.1. The molecular formula is C24H21F2N7O2. The quantitative estimate of drug-likeness (QED) is 0.435. The van der Waals surface area contributed by atoms with Gasteiger partial charge in [-0.2, -0.15) is 9.78 Å². The fourth-order valence-electron chi connectivity index (χ4n) is 5.34. The van der Waals surface area contributed by atoms with Crippen LogP contribution in [0, 0.1) is 11.6 Å². The first-order chi connectivity index (χ1) is 17.0. The van der Waals surface area contributed by atoms with Crippen LogP contribution < -0.4 is 0 Å². The van der Waals surface area contributed by atoms with Crippen molar-refractivity contribution in [2.75, 3.05) is 6.61 Å². The lowest BCUT2D eigenvalue weighted by atomic mass is 9.80. The number of nitrogens with zero attached hydrogens (tertiary/aromatic N) is 7. The van der Waals surface area contributed by atoms with Gasteiger partial charge in [-0.3, -0.25) is 0 Å². The standard InChI is InChI=1S/C24H21F2N7O2/c25-15-2-1-3-16(26)20(15)17-10-14-13-4-7-24(11-13,21(14)31-30-17)19-5-8-27-23(29-19)33-12-28-22(32-33)18(35)6-9-34/h1-3,5,8,10,12-13,18,34-35H,4,6-7,9,11H2/t13?,18-,24+/m1/s1. The third kappa shape index (κ3) is 3.41. The molecule has 1 saturated carbocycles. The van der Waals surface area contributed by atoms with Crippen LogP contribution in [0.1, 0.15) is 60.5 Å². The SMILES string of the molecule is OCC[C@@H](O)c1ncn(-c2nccc([C@]34CCC(C3)c3cc(-c5c(F)cccc5F)nnc34)n2)n1. The molecule has 1 aromatic carbocycles. The maximum Gasteiger partial charge on any atom is 0.252 e. The molecule has 6 rings (SSSR count). The van der Waals surface area contributed by atoms with Gasteiger partial charge in [-0.1, -0.05) is 6.07 Å². The number of hydrogen-bond acceptors (Lipinski definition) is 8. The Kier molecular flexibility index (Phi) is 5.11. The highest BCUT2D eigenvalue weighted by Gasteiger charge is 2.53. The molecule has 178 valence electrons. The van der Waals surface area contributed by atoms with E-state index in [-0.39, 0.29) is 36.0 Å². The molecule has 1 fully saturated rings. The molecule has 3 heterocycles. The number of fused-ring (bicyclic) bond motifs is 5. The van der Waals surface area contributed by atoms with Crippen molar-refractivity contribution in [1.29, 1.82) is 0 Å². The molecule has 2 aliphatic carbocycles. The molecule has 0 amide bonds. The monoisotopic (exact) mass is 477 g/mol. The summed E-state index contributed by atoms with van der Waals surface area (Å²) in [5.41, 5.74) is 2.01. The van der Waals surface area contributed by atoms with Gasteiger partial charge in [-0.05, 0) is 55.0 Å². The third-order valence-electron chi connectivity index (χ3n) is 7.00. The summed E-state index contributed by atoms with van der Waals surface area (Å²) in [5, 5.41) is 32.0. The minimum atomic E-state index is -0.982. The first-order valence-corrected chi connectivity index (χ1v) is 11.4. The van der Waals surface area contributed by atoms with Crippen molar-refractivity contribution in [3.05, 3.63) is 77.3 Å². The number of benzene rings is 1. The molecule has 35 heavy (non-hydrogen) atoms. The van der Waals surface area contributed by atoms with E-state index >= 15 is 0 Å². The third-order valence-corrected chi connectivity index (χ3v) is 7.00. The van der Waals surface area contributed by atoms with E-state index in [1.165, 1.54) is 29.2 Å². The van der Waals surface area contributed by atoms with Gasteiger partial charge in [0.25, 0.3) is 5.95 Å². The summed E-state index contributed by atoms with van der Waals surface area (Å²) in [5.74, 6) is -0.680. The molecule has 3 atom stereocenters. The Labute approximate surface area is 198 Å². The summed E-state index contributed by atoms with van der Waals surface area (Å²) in [6.45, 7) is -0.183. The number of aliphatic hydroxyl groups is 2. The highest BCUT2D eigenvalue weighted by atomic mass is 19.1. The zero-order valence-electron chi connectivity index (χ0n) is 18.5. The van der Waals surface area contributed by atoms with Crippen LogP contribution in [-0.4, -0.2) is 51.7 Å². The summed E-state index contributed by atoms with van der Waals surface area (Å²) in [6, 6.07) is 7.34. The molecule has 2 bridgehead atoms.